The van der Waals surface area contributed by atoms with Crippen molar-refractivity contribution >= 4 is 53.9 Å². The van der Waals surface area contributed by atoms with Crippen molar-refractivity contribution in [3.63, 3.8) is 0 Å². The summed E-state index contributed by atoms with van der Waals surface area (Å²) < 4.78 is 0. The second-order valence-corrected chi connectivity index (χ2v) is 13.3. The number of rotatable bonds is 4. The molecule has 0 aromatic heterocycles. The van der Waals surface area contributed by atoms with Gasteiger partial charge in [0.2, 0.25) is 0 Å². The van der Waals surface area contributed by atoms with Crippen molar-refractivity contribution in [1.29, 1.82) is 0 Å². The molecule has 232 valence electrons. The lowest BCUT2D eigenvalue weighted by atomic mass is 9.84. The van der Waals surface area contributed by atoms with Gasteiger partial charge in [-0.2, -0.15) is 0 Å². The molecule has 0 heteroatoms. The second-order valence-electron chi connectivity index (χ2n) is 13.3. The van der Waals surface area contributed by atoms with Gasteiger partial charge in [-0.3, -0.25) is 0 Å². The van der Waals surface area contributed by atoms with Crippen LogP contribution in [0.15, 0.2) is 194 Å². The van der Waals surface area contributed by atoms with Crippen molar-refractivity contribution in [2.45, 2.75) is 0 Å². The molecule has 0 heterocycles. The van der Waals surface area contributed by atoms with E-state index >= 15 is 0 Å². The molecule has 0 nitrogen and oxygen atoms in total. The quantitative estimate of drug-likeness (QED) is 0.134. The summed E-state index contributed by atoms with van der Waals surface area (Å²) in [5, 5.41) is 12.7. The molecule has 0 aliphatic carbocycles. The molecule has 0 atom stereocenters. The molecule has 10 rings (SSSR count). The predicted molar refractivity (Wildman–Crippen MR) is 216 cm³/mol. The van der Waals surface area contributed by atoms with Crippen LogP contribution in [0.5, 0.6) is 0 Å². The maximum Gasteiger partial charge on any atom is -0.00259 e. The second kappa shape index (κ2) is 11.6. The summed E-state index contributed by atoms with van der Waals surface area (Å²) in [6.45, 7) is 0. The molecule has 0 N–H and O–H groups in total. The molecule has 10 aromatic rings. The Kier molecular flexibility index (Phi) is 6.60. The maximum atomic E-state index is 2.40. The molecule has 0 aliphatic heterocycles. The van der Waals surface area contributed by atoms with Crippen LogP contribution in [0, 0.1) is 0 Å². The highest BCUT2D eigenvalue weighted by Gasteiger charge is 2.18. The van der Waals surface area contributed by atoms with Gasteiger partial charge in [-0.05, 0) is 117 Å². The largest absolute Gasteiger partial charge is 0.0622 e. The van der Waals surface area contributed by atoms with E-state index in [1.54, 1.807) is 0 Å². The van der Waals surface area contributed by atoms with Crippen molar-refractivity contribution < 1.29 is 0 Å². The molecule has 0 spiro atoms. The van der Waals surface area contributed by atoms with Gasteiger partial charge in [0, 0.05) is 0 Å². The number of hydrogen-bond acceptors (Lipinski definition) is 0. The summed E-state index contributed by atoms with van der Waals surface area (Å²) in [6.07, 6.45) is 0. The van der Waals surface area contributed by atoms with Crippen LogP contribution in [0.3, 0.4) is 0 Å². The Morgan fingerprint density at radius 1 is 0.180 bits per heavy atom. The fourth-order valence-corrected chi connectivity index (χ4v) is 7.97. The summed E-state index contributed by atoms with van der Waals surface area (Å²) in [7, 11) is 0. The van der Waals surface area contributed by atoms with Gasteiger partial charge in [-0.25, -0.2) is 0 Å². The van der Waals surface area contributed by atoms with Crippen LogP contribution in [0.2, 0.25) is 0 Å². The Morgan fingerprint density at radius 3 is 1.38 bits per heavy atom. The average molecular weight is 633 g/mol. The fourth-order valence-electron chi connectivity index (χ4n) is 7.97. The molecular formula is C50H32. The van der Waals surface area contributed by atoms with Crippen LogP contribution in [0.1, 0.15) is 0 Å². The van der Waals surface area contributed by atoms with Crippen molar-refractivity contribution in [3.05, 3.63) is 194 Å². The van der Waals surface area contributed by atoms with E-state index in [2.05, 4.69) is 194 Å². The standard InChI is InChI=1S/C50H32/c1-2-10-33(11-3-1)41-28-29-46-48(32-41)50(42-27-20-34-12-4-5-14-39(34)30-42)45-17-9-8-16-44(45)49(46)38-24-18-35(19-25-38)40-26-23-37-22-21-36-13-6-7-15-43(36)47(37)31-40/h1-32H. The van der Waals surface area contributed by atoms with Gasteiger partial charge in [0.1, 0.15) is 0 Å². The fraction of sp³-hybridized carbons (Fsp3) is 0. The monoisotopic (exact) mass is 632 g/mol. The third kappa shape index (κ3) is 4.69. The van der Waals surface area contributed by atoms with E-state index in [1.165, 1.54) is 98.4 Å². The van der Waals surface area contributed by atoms with Crippen LogP contribution in [0.25, 0.3) is 98.4 Å². The summed E-state index contributed by atoms with van der Waals surface area (Å²) in [4.78, 5) is 0. The summed E-state index contributed by atoms with van der Waals surface area (Å²) in [6, 6.07) is 71.4. The highest BCUT2D eigenvalue weighted by molar-refractivity contribution is 6.22. The lowest BCUT2D eigenvalue weighted by Gasteiger charge is -2.19. The smallest absolute Gasteiger partial charge is 0.00259 e. The van der Waals surface area contributed by atoms with Gasteiger partial charge < -0.3 is 0 Å². The van der Waals surface area contributed by atoms with E-state index in [0.717, 1.165) is 0 Å². The predicted octanol–water partition coefficient (Wildman–Crippen LogP) is 14.1. The zero-order valence-corrected chi connectivity index (χ0v) is 27.5. The van der Waals surface area contributed by atoms with Crippen LogP contribution in [-0.4, -0.2) is 0 Å². The third-order valence-corrected chi connectivity index (χ3v) is 10.4. The Balaban J connectivity index is 1.19. The minimum absolute atomic E-state index is 1.22. The SMILES string of the molecule is c1ccc(-c2ccc3c(-c4ccc(-c5ccc6ccc7ccccc7c6c5)cc4)c4ccccc4c(-c4ccc5ccccc5c4)c3c2)cc1. The summed E-state index contributed by atoms with van der Waals surface area (Å²) in [5.41, 5.74) is 9.91. The topological polar surface area (TPSA) is 0 Å². The molecule has 0 amide bonds. The van der Waals surface area contributed by atoms with E-state index in [1.807, 2.05) is 0 Å². The Bertz CT molecular complexity index is 2900. The lowest BCUT2D eigenvalue weighted by molar-refractivity contribution is 1.62. The molecule has 50 heavy (non-hydrogen) atoms. The Morgan fingerprint density at radius 2 is 0.620 bits per heavy atom. The van der Waals surface area contributed by atoms with Gasteiger partial charge >= 0.3 is 0 Å². The minimum Gasteiger partial charge on any atom is -0.0622 e. The average Bonchev–Trinajstić information content (AvgIpc) is 3.19. The molecule has 0 fully saturated rings. The molecule has 0 aliphatic rings. The van der Waals surface area contributed by atoms with E-state index in [9.17, 15) is 0 Å². The minimum atomic E-state index is 1.22. The molecule has 0 saturated heterocycles. The van der Waals surface area contributed by atoms with Gasteiger partial charge in [0.15, 0.2) is 0 Å². The Hall–Kier alpha value is -6.50. The summed E-state index contributed by atoms with van der Waals surface area (Å²) in [5.74, 6) is 0. The zero-order chi connectivity index (χ0) is 33.0. The van der Waals surface area contributed by atoms with Crippen LogP contribution in [0.4, 0.5) is 0 Å². The van der Waals surface area contributed by atoms with Gasteiger partial charge in [-0.1, -0.05) is 176 Å². The number of hydrogen-bond donors (Lipinski definition) is 0. The van der Waals surface area contributed by atoms with E-state index in [-0.39, 0.29) is 0 Å². The van der Waals surface area contributed by atoms with E-state index in [0.29, 0.717) is 0 Å². The molecular weight excluding hydrogens is 601 g/mol. The molecule has 0 saturated carbocycles. The first-order valence-corrected chi connectivity index (χ1v) is 17.3. The first-order valence-electron chi connectivity index (χ1n) is 17.3. The van der Waals surface area contributed by atoms with Crippen molar-refractivity contribution in [2.75, 3.05) is 0 Å². The first-order chi connectivity index (χ1) is 24.8. The van der Waals surface area contributed by atoms with Crippen LogP contribution >= 0.6 is 0 Å². The maximum absolute atomic E-state index is 2.40. The molecule has 0 unspecified atom stereocenters. The van der Waals surface area contributed by atoms with Gasteiger partial charge in [-0.15, -0.1) is 0 Å². The summed E-state index contributed by atoms with van der Waals surface area (Å²) >= 11 is 0. The van der Waals surface area contributed by atoms with Crippen LogP contribution in [-0.2, 0) is 0 Å². The number of benzene rings is 10. The Labute approximate surface area is 291 Å². The van der Waals surface area contributed by atoms with Gasteiger partial charge in [0.05, 0.1) is 0 Å². The highest BCUT2D eigenvalue weighted by Crippen LogP contribution is 2.45. The van der Waals surface area contributed by atoms with E-state index in [4.69, 9.17) is 0 Å². The number of fused-ring (bicyclic) bond motifs is 6. The normalized spacial score (nSPS) is 11.6. The molecule has 0 radical (unpaired) electrons. The van der Waals surface area contributed by atoms with Crippen molar-refractivity contribution in [3.8, 4) is 44.5 Å². The zero-order valence-electron chi connectivity index (χ0n) is 27.5. The van der Waals surface area contributed by atoms with Crippen molar-refractivity contribution in [1.82, 2.24) is 0 Å². The van der Waals surface area contributed by atoms with Crippen LogP contribution < -0.4 is 0 Å². The molecule has 10 aromatic carbocycles. The van der Waals surface area contributed by atoms with Gasteiger partial charge in [0.25, 0.3) is 0 Å². The lowest BCUT2D eigenvalue weighted by Crippen LogP contribution is -1.92. The third-order valence-electron chi connectivity index (χ3n) is 10.4. The first kappa shape index (κ1) is 28.5. The van der Waals surface area contributed by atoms with Crippen molar-refractivity contribution in [2.24, 2.45) is 0 Å². The highest BCUT2D eigenvalue weighted by atomic mass is 14.2. The molecule has 0 bridgehead atoms. The van der Waals surface area contributed by atoms with E-state index < -0.39 is 0 Å².